The van der Waals surface area contributed by atoms with Crippen LogP contribution in [0, 0.1) is 5.92 Å². The number of aromatic nitrogens is 1. The molecule has 2 aliphatic rings. The number of pyridine rings is 1. The number of amides is 1. The average Bonchev–Trinajstić information content (AvgIpc) is 3.08. The minimum atomic E-state index is -0.880. The molecule has 7 nitrogen and oxygen atoms in total. The molecule has 0 radical (unpaired) electrons. The number of carboxylic acids is 1. The van der Waals surface area contributed by atoms with Crippen LogP contribution in [0.25, 0.3) is 0 Å². The first-order valence-corrected chi connectivity index (χ1v) is 8.67. The van der Waals surface area contributed by atoms with E-state index < -0.39 is 17.4 Å². The summed E-state index contributed by atoms with van der Waals surface area (Å²) in [5.74, 6) is -1.81. The van der Waals surface area contributed by atoms with Crippen molar-refractivity contribution >= 4 is 11.9 Å². The lowest BCUT2D eigenvalue weighted by Gasteiger charge is -2.41. The molecule has 0 aliphatic carbocycles. The highest BCUT2D eigenvalue weighted by Gasteiger charge is 2.46. The Kier molecular flexibility index (Phi) is 5.06. The van der Waals surface area contributed by atoms with Crippen LogP contribution in [0.15, 0.2) is 24.4 Å². The van der Waals surface area contributed by atoms with Crippen molar-refractivity contribution < 1.29 is 19.4 Å². The summed E-state index contributed by atoms with van der Waals surface area (Å²) in [6.45, 7) is 7.08. The van der Waals surface area contributed by atoms with Crippen LogP contribution >= 0.6 is 0 Å². The Morgan fingerprint density at radius 1 is 1.24 bits per heavy atom. The van der Waals surface area contributed by atoms with Gasteiger partial charge in [0.15, 0.2) is 0 Å². The van der Waals surface area contributed by atoms with E-state index in [1.54, 1.807) is 17.2 Å². The molecule has 2 atom stereocenters. The summed E-state index contributed by atoms with van der Waals surface area (Å²) < 4.78 is 5.37. The minimum absolute atomic E-state index is 0.0286. The second kappa shape index (κ2) is 7.09. The van der Waals surface area contributed by atoms with Crippen molar-refractivity contribution in [3.05, 3.63) is 30.1 Å². The van der Waals surface area contributed by atoms with Gasteiger partial charge in [0.05, 0.1) is 24.7 Å². The van der Waals surface area contributed by atoms with Crippen LogP contribution in [0.5, 0.6) is 0 Å². The van der Waals surface area contributed by atoms with Crippen LogP contribution in [0.1, 0.15) is 25.5 Å². The zero-order valence-corrected chi connectivity index (χ0v) is 14.7. The summed E-state index contributed by atoms with van der Waals surface area (Å²) in [6.07, 6.45) is 1.66. The van der Waals surface area contributed by atoms with Gasteiger partial charge in [0.1, 0.15) is 0 Å². The molecule has 2 fully saturated rings. The molecule has 0 spiro atoms. The number of hydrogen-bond donors (Lipinski definition) is 1. The maximum absolute atomic E-state index is 13.1. The Morgan fingerprint density at radius 3 is 2.56 bits per heavy atom. The number of likely N-dealkylation sites (tertiary alicyclic amines) is 1. The Bertz CT molecular complexity index is 628. The van der Waals surface area contributed by atoms with E-state index >= 15 is 0 Å². The summed E-state index contributed by atoms with van der Waals surface area (Å²) in [6, 6.07) is 5.49. The lowest BCUT2D eigenvalue weighted by molar-refractivity contribution is -0.145. The zero-order chi connectivity index (χ0) is 18.0. The summed E-state index contributed by atoms with van der Waals surface area (Å²) in [4.78, 5) is 33.0. The first-order valence-electron chi connectivity index (χ1n) is 8.67. The van der Waals surface area contributed by atoms with Gasteiger partial charge < -0.3 is 14.7 Å². The fourth-order valence-electron chi connectivity index (χ4n) is 3.76. The van der Waals surface area contributed by atoms with Gasteiger partial charge in [-0.05, 0) is 26.0 Å². The fraction of sp³-hybridized carbons (Fsp3) is 0.611. The third-order valence-electron chi connectivity index (χ3n) is 5.32. The lowest BCUT2D eigenvalue weighted by Crippen LogP contribution is -2.58. The Balaban J connectivity index is 1.78. The van der Waals surface area contributed by atoms with Crippen molar-refractivity contribution in [2.75, 3.05) is 39.4 Å². The van der Waals surface area contributed by atoms with Gasteiger partial charge in [-0.1, -0.05) is 6.07 Å². The number of morpholine rings is 1. The normalized spacial score (nSPS) is 25.1. The van der Waals surface area contributed by atoms with E-state index in [1.165, 1.54) is 0 Å². The zero-order valence-electron chi connectivity index (χ0n) is 14.7. The van der Waals surface area contributed by atoms with E-state index in [9.17, 15) is 14.7 Å². The van der Waals surface area contributed by atoms with E-state index in [2.05, 4.69) is 9.88 Å². The lowest BCUT2D eigenvalue weighted by atomic mass is 9.93. The van der Waals surface area contributed by atoms with Gasteiger partial charge in [-0.3, -0.25) is 19.5 Å². The number of rotatable bonds is 4. The molecule has 7 heteroatoms. The highest BCUT2D eigenvalue weighted by atomic mass is 16.5. The third-order valence-corrected chi connectivity index (χ3v) is 5.32. The molecule has 0 saturated carbocycles. The number of nitrogens with zero attached hydrogens (tertiary/aromatic N) is 3. The number of carbonyl (C=O) groups excluding carboxylic acids is 1. The number of aliphatic carboxylic acids is 1. The molecule has 0 bridgehead atoms. The predicted octanol–water partition coefficient (Wildman–Crippen LogP) is 0.819. The second-order valence-corrected chi connectivity index (χ2v) is 7.17. The van der Waals surface area contributed by atoms with Crippen molar-refractivity contribution in [3.8, 4) is 0 Å². The van der Waals surface area contributed by atoms with E-state index in [0.717, 1.165) is 5.69 Å². The number of carbonyl (C=O) groups is 2. The number of carboxylic acid groups (broad SMARTS) is 1. The second-order valence-electron chi connectivity index (χ2n) is 7.17. The van der Waals surface area contributed by atoms with Gasteiger partial charge in [-0.15, -0.1) is 0 Å². The van der Waals surface area contributed by atoms with Crippen LogP contribution in [-0.4, -0.2) is 76.7 Å². The Morgan fingerprint density at radius 2 is 1.96 bits per heavy atom. The quantitative estimate of drug-likeness (QED) is 0.868. The molecule has 1 N–H and O–H groups in total. The maximum Gasteiger partial charge on any atom is 0.309 e. The van der Waals surface area contributed by atoms with Gasteiger partial charge in [-0.25, -0.2) is 0 Å². The summed E-state index contributed by atoms with van der Waals surface area (Å²) in [5.41, 5.74) is 0.0561. The van der Waals surface area contributed by atoms with Gasteiger partial charge >= 0.3 is 5.97 Å². The molecule has 1 amide bonds. The highest BCUT2D eigenvalue weighted by Crippen LogP contribution is 2.34. The molecule has 136 valence electrons. The van der Waals surface area contributed by atoms with Crippen molar-refractivity contribution in [1.29, 1.82) is 0 Å². The molecule has 3 heterocycles. The molecule has 1 aromatic rings. The van der Waals surface area contributed by atoms with Crippen molar-refractivity contribution in [1.82, 2.24) is 14.8 Å². The fourth-order valence-corrected chi connectivity index (χ4v) is 3.76. The Labute approximate surface area is 147 Å². The van der Waals surface area contributed by atoms with E-state index in [4.69, 9.17) is 4.74 Å². The smallest absolute Gasteiger partial charge is 0.309 e. The number of ether oxygens (including phenoxy) is 1. The number of hydrogen-bond acceptors (Lipinski definition) is 5. The van der Waals surface area contributed by atoms with Crippen molar-refractivity contribution in [2.45, 2.75) is 25.3 Å². The van der Waals surface area contributed by atoms with E-state index in [1.807, 2.05) is 26.0 Å². The monoisotopic (exact) mass is 347 g/mol. The standard InChI is InChI=1S/C18H25N3O4/c1-18(2,21-7-9-25-10-8-21)17(24)20-11-13(14(12-20)16(22)23)15-5-3-4-6-19-15/h3-6,13-14H,7-12H2,1-2H3,(H,22,23)/t13-,14-/m0/s1. The topological polar surface area (TPSA) is 83.0 Å². The van der Waals surface area contributed by atoms with E-state index in [0.29, 0.717) is 32.8 Å². The van der Waals surface area contributed by atoms with Crippen molar-refractivity contribution in [3.63, 3.8) is 0 Å². The van der Waals surface area contributed by atoms with Gasteiger partial charge in [0.25, 0.3) is 0 Å². The maximum atomic E-state index is 13.1. The van der Waals surface area contributed by atoms with Crippen LogP contribution in [0.4, 0.5) is 0 Å². The molecular weight excluding hydrogens is 322 g/mol. The molecule has 0 aromatic carbocycles. The average molecular weight is 347 g/mol. The first kappa shape index (κ1) is 17.8. The van der Waals surface area contributed by atoms with Crippen LogP contribution in [0.2, 0.25) is 0 Å². The molecule has 0 unspecified atom stereocenters. The SMILES string of the molecule is CC(C)(C(=O)N1C[C@H](C(=O)O)[C@@H](c2ccccn2)C1)N1CCOCC1. The first-order chi connectivity index (χ1) is 11.9. The molecule has 25 heavy (non-hydrogen) atoms. The van der Waals surface area contributed by atoms with Crippen LogP contribution in [-0.2, 0) is 14.3 Å². The Hall–Kier alpha value is -1.99. The highest BCUT2D eigenvalue weighted by molar-refractivity contribution is 5.87. The molecule has 2 saturated heterocycles. The summed E-state index contributed by atoms with van der Waals surface area (Å²) in [5, 5.41) is 9.60. The van der Waals surface area contributed by atoms with Gasteiger partial charge in [-0.2, -0.15) is 0 Å². The van der Waals surface area contributed by atoms with Gasteiger partial charge in [0, 0.05) is 44.0 Å². The van der Waals surface area contributed by atoms with Crippen LogP contribution in [0.3, 0.4) is 0 Å². The molecular formula is C18H25N3O4. The predicted molar refractivity (Wildman–Crippen MR) is 91.2 cm³/mol. The van der Waals surface area contributed by atoms with Crippen molar-refractivity contribution in [2.24, 2.45) is 5.92 Å². The third kappa shape index (κ3) is 3.52. The summed E-state index contributed by atoms with van der Waals surface area (Å²) >= 11 is 0. The summed E-state index contributed by atoms with van der Waals surface area (Å²) in [7, 11) is 0. The minimum Gasteiger partial charge on any atom is -0.481 e. The molecule has 3 rings (SSSR count). The van der Waals surface area contributed by atoms with Crippen LogP contribution < -0.4 is 0 Å². The largest absolute Gasteiger partial charge is 0.481 e. The molecule has 2 aliphatic heterocycles. The van der Waals surface area contributed by atoms with E-state index in [-0.39, 0.29) is 18.4 Å². The molecule has 1 aromatic heterocycles. The van der Waals surface area contributed by atoms with Gasteiger partial charge in [0.2, 0.25) is 5.91 Å².